The van der Waals surface area contributed by atoms with Gasteiger partial charge < -0.3 is 14.6 Å². The van der Waals surface area contributed by atoms with Gasteiger partial charge in [0, 0.05) is 48.3 Å². The van der Waals surface area contributed by atoms with Crippen molar-refractivity contribution >= 4 is 17.5 Å². The van der Waals surface area contributed by atoms with Gasteiger partial charge in [0.15, 0.2) is 0 Å². The van der Waals surface area contributed by atoms with Crippen molar-refractivity contribution in [1.82, 2.24) is 4.90 Å². The Balaban J connectivity index is 1.49. The summed E-state index contributed by atoms with van der Waals surface area (Å²) < 4.78 is 45.1. The summed E-state index contributed by atoms with van der Waals surface area (Å²) in [7, 11) is 0. The maximum atomic E-state index is 13.0. The van der Waals surface area contributed by atoms with E-state index in [1.807, 2.05) is 37.3 Å². The molecular formula is C26H25F3N2O3. The largest absolute Gasteiger partial charge is 0.461 e. The zero-order valence-corrected chi connectivity index (χ0v) is 18.7. The molecule has 0 radical (unpaired) electrons. The summed E-state index contributed by atoms with van der Waals surface area (Å²) in [4.78, 5) is 26.4. The van der Waals surface area contributed by atoms with Crippen LogP contribution in [0.4, 0.5) is 18.9 Å². The van der Waals surface area contributed by atoms with Crippen molar-refractivity contribution in [2.45, 2.75) is 45.3 Å². The molecule has 0 fully saturated rings. The number of rotatable bonds is 6. The normalized spacial score (nSPS) is 13.5. The molecule has 0 saturated carbocycles. The molecule has 0 atom stereocenters. The lowest BCUT2D eigenvalue weighted by molar-refractivity contribution is -0.137. The SMILES string of the molecule is CCCCC(=O)Nc1cccc(-c2cc3c(o2)CCN(C(=O)c2cccc(C(F)(F)F)c2)C3)c1. The second-order valence-corrected chi connectivity index (χ2v) is 8.35. The van der Waals surface area contributed by atoms with E-state index in [4.69, 9.17) is 4.42 Å². The molecule has 2 amide bonds. The highest BCUT2D eigenvalue weighted by molar-refractivity contribution is 5.94. The molecule has 34 heavy (non-hydrogen) atoms. The minimum atomic E-state index is -4.51. The van der Waals surface area contributed by atoms with E-state index in [1.54, 1.807) is 0 Å². The topological polar surface area (TPSA) is 62.6 Å². The van der Waals surface area contributed by atoms with Crippen molar-refractivity contribution in [2.24, 2.45) is 0 Å². The van der Waals surface area contributed by atoms with E-state index in [9.17, 15) is 22.8 Å². The molecule has 0 spiro atoms. The monoisotopic (exact) mass is 470 g/mol. The Labute approximate surface area is 195 Å². The number of benzene rings is 2. The van der Waals surface area contributed by atoms with Gasteiger partial charge in [0.25, 0.3) is 5.91 Å². The Hall–Kier alpha value is -3.55. The number of nitrogens with zero attached hydrogens (tertiary/aromatic N) is 1. The van der Waals surface area contributed by atoms with Gasteiger partial charge in [-0.3, -0.25) is 9.59 Å². The van der Waals surface area contributed by atoms with Gasteiger partial charge in [-0.05, 0) is 42.8 Å². The van der Waals surface area contributed by atoms with Crippen LogP contribution in [0.3, 0.4) is 0 Å². The average Bonchev–Trinajstić information content (AvgIpc) is 3.25. The van der Waals surface area contributed by atoms with Gasteiger partial charge in [-0.1, -0.05) is 31.5 Å². The van der Waals surface area contributed by atoms with Crippen molar-refractivity contribution in [2.75, 3.05) is 11.9 Å². The number of carbonyl (C=O) groups is 2. The van der Waals surface area contributed by atoms with Crippen molar-refractivity contribution in [3.8, 4) is 11.3 Å². The predicted molar refractivity (Wildman–Crippen MR) is 122 cm³/mol. The number of anilines is 1. The number of alkyl halides is 3. The number of furan rings is 1. The van der Waals surface area contributed by atoms with Gasteiger partial charge in [-0.15, -0.1) is 0 Å². The third kappa shape index (κ3) is 5.32. The predicted octanol–water partition coefficient (Wildman–Crippen LogP) is 6.29. The fourth-order valence-electron chi connectivity index (χ4n) is 3.97. The van der Waals surface area contributed by atoms with Gasteiger partial charge >= 0.3 is 6.18 Å². The van der Waals surface area contributed by atoms with E-state index < -0.39 is 17.6 Å². The summed E-state index contributed by atoms with van der Waals surface area (Å²) in [5.74, 6) is 0.876. The summed E-state index contributed by atoms with van der Waals surface area (Å²) >= 11 is 0. The number of carbonyl (C=O) groups excluding carboxylic acids is 2. The molecule has 1 aliphatic rings. The summed E-state index contributed by atoms with van der Waals surface area (Å²) in [6.07, 6.45) is -1.81. The molecule has 8 heteroatoms. The van der Waals surface area contributed by atoms with Crippen LogP contribution in [0.5, 0.6) is 0 Å². The van der Waals surface area contributed by atoms with E-state index in [1.165, 1.54) is 17.0 Å². The maximum absolute atomic E-state index is 13.0. The minimum absolute atomic E-state index is 0.00788. The Morgan fingerprint density at radius 3 is 2.65 bits per heavy atom. The highest BCUT2D eigenvalue weighted by Gasteiger charge is 2.32. The van der Waals surface area contributed by atoms with E-state index in [0.29, 0.717) is 30.8 Å². The van der Waals surface area contributed by atoms with Crippen LogP contribution < -0.4 is 5.32 Å². The van der Waals surface area contributed by atoms with E-state index in [-0.39, 0.29) is 18.0 Å². The maximum Gasteiger partial charge on any atom is 0.416 e. The Bertz CT molecular complexity index is 1200. The second-order valence-electron chi connectivity index (χ2n) is 8.35. The zero-order chi connectivity index (χ0) is 24.3. The standard InChI is InChI=1S/C26H25F3N2O3/c1-2-3-10-24(32)30-21-9-5-6-17(14-21)23-15-19-16-31(12-11-22(19)34-23)25(33)18-7-4-8-20(13-18)26(27,28)29/h4-9,13-15H,2-3,10-12,16H2,1H3,(H,30,32). The number of halogens is 3. The lowest BCUT2D eigenvalue weighted by Gasteiger charge is -2.26. The molecule has 2 aromatic carbocycles. The van der Waals surface area contributed by atoms with Gasteiger partial charge in [0.1, 0.15) is 11.5 Å². The molecule has 0 unspecified atom stereocenters. The van der Waals surface area contributed by atoms with Crippen molar-refractivity contribution in [1.29, 1.82) is 0 Å². The number of amides is 2. The van der Waals surface area contributed by atoms with Gasteiger partial charge in [0.05, 0.1) is 5.56 Å². The van der Waals surface area contributed by atoms with E-state index in [2.05, 4.69) is 5.32 Å². The van der Waals surface area contributed by atoms with Crippen LogP contribution in [0.25, 0.3) is 11.3 Å². The molecule has 5 nitrogen and oxygen atoms in total. The Morgan fingerprint density at radius 2 is 1.88 bits per heavy atom. The van der Waals surface area contributed by atoms with Crippen molar-refractivity contribution in [3.05, 3.63) is 77.0 Å². The summed E-state index contributed by atoms with van der Waals surface area (Å²) in [6.45, 7) is 2.63. The Kier molecular flexibility index (Phi) is 6.77. The third-order valence-corrected chi connectivity index (χ3v) is 5.78. The number of hydrogen-bond donors (Lipinski definition) is 1. The first-order valence-corrected chi connectivity index (χ1v) is 11.2. The molecule has 3 aromatic rings. The number of fused-ring (bicyclic) bond motifs is 1. The molecule has 2 heterocycles. The first kappa shape index (κ1) is 23.6. The molecule has 0 bridgehead atoms. The number of unbranched alkanes of at least 4 members (excludes halogenated alkanes) is 1. The van der Waals surface area contributed by atoms with Crippen molar-refractivity contribution < 1.29 is 27.2 Å². The summed E-state index contributed by atoms with van der Waals surface area (Å²) in [6, 6.07) is 13.7. The highest BCUT2D eigenvalue weighted by Crippen LogP contribution is 2.33. The fraction of sp³-hybridized carbons (Fsp3) is 0.308. The van der Waals surface area contributed by atoms with Gasteiger partial charge in [-0.25, -0.2) is 0 Å². The number of hydrogen-bond acceptors (Lipinski definition) is 3. The molecule has 4 rings (SSSR count). The third-order valence-electron chi connectivity index (χ3n) is 5.78. The molecule has 1 aliphatic heterocycles. The average molecular weight is 470 g/mol. The first-order chi connectivity index (χ1) is 16.2. The van der Waals surface area contributed by atoms with Crippen LogP contribution in [0.2, 0.25) is 0 Å². The zero-order valence-electron chi connectivity index (χ0n) is 18.7. The lowest BCUT2D eigenvalue weighted by Crippen LogP contribution is -2.35. The van der Waals surface area contributed by atoms with Crippen LogP contribution in [0, 0.1) is 0 Å². The van der Waals surface area contributed by atoms with Crippen LogP contribution in [-0.2, 0) is 23.9 Å². The molecule has 178 valence electrons. The van der Waals surface area contributed by atoms with Crippen LogP contribution in [-0.4, -0.2) is 23.3 Å². The van der Waals surface area contributed by atoms with E-state index >= 15 is 0 Å². The molecule has 0 saturated heterocycles. The second kappa shape index (κ2) is 9.75. The molecular weight excluding hydrogens is 445 g/mol. The molecule has 0 aliphatic carbocycles. The highest BCUT2D eigenvalue weighted by atomic mass is 19.4. The first-order valence-electron chi connectivity index (χ1n) is 11.2. The fourth-order valence-corrected chi connectivity index (χ4v) is 3.97. The lowest BCUT2D eigenvalue weighted by atomic mass is 10.0. The molecule has 1 aromatic heterocycles. The van der Waals surface area contributed by atoms with Crippen LogP contribution in [0.1, 0.15) is 53.4 Å². The molecule has 1 N–H and O–H groups in total. The van der Waals surface area contributed by atoms with Crippen molar-refractivity contribution in [3.63, 3.8) is 0 Å². The quantitative estimate of drug-likeness (QED) is 0.460. The van der Waals surface area contributed by atoms with Crippen LogP contribution in [0.15, 0.2) is 59.0 Å². The number of nitrogens with one attached hydrogen (secondary N) is 1. The summed E-state index contributed by atoms with van der Waals surface area (Å²) in [5.41, 5.74) is 1.45. The van der Waals surface area contributed by atoms with Crippen LogP contribution >= 0.6 is 0 Å². The Morgan fingerprint density at radius 1 is 1.09 bits per heavy atom. The minimum Gasteiger partial charge on any atom is -0.461 e. The van der Waals surface area contributed by atoms with Gasteiger partial charge in [0.2, 0.25) is 5.91 Å². The summed E-state index contributed by atoms with van der Waals surface area (Å²) in [5, 5.41) is 2.89. The van der Waals surface area contributed by atoms with Gasteiger partial charge in [-0.2, -0.15) is 13.2 Å². The van der Waals surface area contributed by atoms with E-state index in [0.717, 1.165) is 41.9 Å². The smallest absolute Gasteiger partial charge is 0.416 e.